The van der Waals surface area contributed by atoms with E-state index in [1.54, 1.807) is 12.1 Å². The summed E-state index contributed by atoms with van der Waals surface area (Å²) in [5.74, 6) is 0.383. The van der Waals surface area contributed by atoms with Gasteiger partial charge in [-0.05, 0) is 42.7 Å². The molecule has 3 aromatic rings. The van der Waals surface area contributed by atoms with E-state index < -0.39 is 15.9 Å². The second-order valence-electron chi connectivity index (χ2n) is 8.58. The van der Waals surface area contributed by atoms with Gasteiger partial charge in [-0.15, -0.1) is 0 Å². The number of fused-ring (bicyclic) bond motifs is 2. The van der Waals surface area contributed by atoms with Crippen LogP contribution in [0.4, 0.5) is 11.4 Å². The Morgan fingerprint density at radius 3 is 2.54 bits per heavy atom. The topological polar surface area (TPSA) is 97.0 Å². The maximum absolute atomic E-state index is 13.6. The summed E-state index contributed by atoms with van der Waals surface area (Å²) < 4.78 is 40.1. The molecular weight excluding hydrogens is 466 g/mol. The van der Waals surface area contributed by atoms with E-state index in [0.717, 1.165) is 11.1 Å². The number of benzene rings is 3. The first-order valence-corrected chi connectivity index (χ1v) is 13.0. The molecule has 0 radical (unpaired) electrons. The van der Waals surface area contributed by atoms with Crippen LogP contribution in [0.2, 0.25) is 0 Å². The molecule has 0 unspecified atom stereocenters. The van der Waals surface area contributed by atoms with Crippen LogP contribution in [0.25, 0.3) is 0 Å². The molecule has 0 bridgehead atoms. The van der Waals surface area contributed by atoms with Crippen molar-refractivity contribution in [3.63, 3.8) is 0 Å². The normalized spacial score (nSPS) is 15.9. The summed E-state index contributed by atoms with van der Waals surface area (Å²) >= 11 is 0. The molecule has 0 saturated carbocycles. The molecule has 9 heteroatoms. The van der Waals surface area contributed by atoms with Crippen molar-refractivity contribution >= 4 is 27.3 Å². The summed E-state index contributed by atoms with van der Waals surface area (Å²) in [7, 11) is -3.88. The third-order valence-electron chi connectivity index (χ3n) is 6.09. The monoisotopic (exact) mass is 493 g/mol. The molecule has 1 saturated heterocycles. The number of aryl methyl sites for hydroxylation is 1. The van der Waals surface area contributed by atoms with E-state index in [9.17, 15) is 13.2 Å². The maximum atomic E-state index is 13.6. The lowest BCUT2D eigenvalue weighted by Crippen LogP contribution is -2.41. The van der Waals surface area contributed by atoms with Gasteiger partial charge in [-0.2, -0.15) is 4.31 Å². The number of ether oxygens (including phenoxy) is 2. The predicted octanol–water partition coefficient (Wildman–Crippen LogP) is 4.03. The fourth-order valence-electron chi connectivity index (χ4n) is 4.22. The van der Waals surface area contributed by atoms with Crippen LogP contribution in [0.15, 0.2) is 65.6 Å². The van der Waals surface area contributed by atoms with Gasteiger partial charge in [0.1, 0.15) is 10.6 Å². The zero-order chi connectivity index (χ0) is 24.4. The van der Waals surface area contributed by atoms with Gasteiger partial charge in [-0.1, -0.05) is 36.4 Å². The van der Waals surface area contributed by atoms with Gasteiger partial charge in [0, 0.05) is 25.7 Å². The van der Waals surface area contributed by atoms with Gasteiger partial charge >= 0.3 is 0 Å². The average molecular weight is 494 g/mol. The Balaban J connectivity index is 1.54. The van der Waals surface area contributed by atoms with Crippen molar-refractivity contribution in [3.8, 4) is 11.5 Å². The fraction of sp³-hybridized carbons (Fsp3) is 0.269. The Kier molecular flexibility index (Phi) is 6.46. The van der Waals surface area contributed by atoms with E-state index in [0.29, 0.717) is 49.1 Å². The van der Waals surface area contributed by atoms with E-state index in [4.69, 9.17) is 9.47 Å². The summed E-state index contributed by atoms with van der Waals surface area (Å²) in [5, 5.41) is 6.13. The second-order valence-corrected chi connectivity index (χ2v) is 10.5. The van der Waals surface area contributed by atoms with Crippen LogP contribution in [0, 0.1) is 6.92 Å². The fourth-order valence-corrected chi connectivity index (χ4v) is 5.81. The number of nitrogens with one attached hydrogen (secondary N) is 2. The Bertz CT molecular complexity index is 1350. The third kappa shape index (κ3) is 4.88. The molecule has 35 heavy (non-hydrogen) atoms. The molecule has 1 amide bonds. The van der Waals surface area contributed by atoms with Gasteiger partial charge in [0.2, 0.25) is 10.0 Å². The number of amides is 1. The molecule has 2 heterocycles. The van der Waals surface area contributed by atoms with Crippen molar-refractivity contribution in [1.82, 2.24) is 4.31 Å². The van der Waals surface area contributed by atoms with E-state index in [-0.39, 0.29) is 23.5 Å². The molecule has 0 aliphatic carbocycles. The molecule has 0 spiro atoms. The minimum Gasteiger partial charge on any atom is -0.454 e. The van der Waals surface area contributed by atoms with Crippen molar-refractivity contribution in [2.45, 2.75) is 18.2 Å². The summed E-state index contributed by atoms with van der Waals surface area (Å²) in [4.78, 5) is 13.2. The summed E-state index contributed by atoms with van der Waals surface area (Å²) in [6.07, 6.45) is 0.707. The van der Waals surface area contributed by atoms with Gasteiger partial charge < -0.3 is 20.1 Å². The average Bonchev–Trinajstić information content (AvgIpc) is 2.99. The third-order valence-corrected chi connectivity index (χ3v) is 8.03. The number of morpholine rings is 1. The molecule has 182 valence electrons. The highest BCUT2D eigenvalue weighted by Gasteiger charge is 2.32. The number of carbonyl (C=O) groups excluding carboxylic acids is 1. The number of hydrogen-bond acceptors (Lipinski definition) is 6. The molecule has 0 aromatic heterocycles. The standard InChI is InChI=1S/C26H27N3O5S/c1-18-7-8-23-21(15-18)28-26(30)20-16-25(35(31,32)29-11-13-33-14-12-29)22(17-24(20)34-23)27-10-9-19-5-3-2-4-6-19/h2-8,15-17,27H,9-14H2,1H3,(H,28,30). The molecular formula is C26H27N3O5S. The molecule has 8 nitrogen and oxygen atoms in total. The van der Waals surface area contributed by atoms with Crippen LogP contribution >= 0.6 is 0 Å². The summed E-state index contributed by atoms with van der Waals surface area (Å²) in [6.45, 7) is 3.62. The van der Waals surface area contributed by atoms with Gasteiger partial charge in [-0.25, -0.2) is 8.42 Å². The van der Waals surface area contributed by atoms with Gasteiger partial charge in [0.25, 0.3) is 5.91 Å². The van der Waals surface area contributed by atoms with Crippen molar-refractivity contribution in [3.05, 3.63) is 77.4 Å². The van der Waals surface area contributed by atoms with Crippen molar-refractivity contribution in [2.75, 3.05) is 43.5 Å². The number of rotatable bonds is 6. The molecule has 5 rings (SSSR count). The molecule has 2 N–H and O–H groups in total. The number of sulfonamides is 1. The summed E-state index contributed by atoms with van der Waals surface area (Å²) in [5.41, 5.74) is 3.21. The van der Waals surface area contributed by atoms with E-state index >= 15 is 0 Å². The molecule has 2 aliphatic rings. The van der Waals surface area contributed by atoms with Crippen LogP contribution in [0.1, 0.15) is 21.5 Å². The van der Waals surface area contributed by atoms with Crippen molar-refractivity contribution < 1.29 is 22.7 Å². The van der Waals surface area contributed by atoms with Crippen LogP contribution in [0.5, 0.6) is 11.5 Å². The quantitative estimate of drug-likeness (QED) is 0.538. The van der Waals surface area contributed by atoms with Crippen LogP contribution in [0.3, 0.4) is 0 Å². The number of nitrogens with zero attached hydrogens (tertiary/aromatic N) is 1. The predicted molar refractivity (Wildman–Crippen MR) is 134 cm³/mol. The minimum absolute atomic E-state index is 0.0482. The van der Waals surface area contributed by atoms with Crippen molar-refractivity contribution in [1.29, 1.82) is 0 Å². The van der Waals surface area contributed by atoms with E-state index in [1.165, 1.54) is 10.4 Å². The molecule has 3 aromatic carbocycles. The van der Waals surface area contributed by atoms with Gasteiger partial charge in [0.15, 0.2) is 5.75 Å². The minimum atomic E-state index is -3.88. The zero-order valence-corrected chi connectivity index (χ0v) is 20.2. The van der Waals surface area contributed by atoms with E-state index in [2.05, 4.69) is 10.6 Å². The Morgan fingerprint density at radius 2 is 1.77 bits per heavy atom. The lowest BCUT2D eigenvalue weighted by Gasteiger charge is -2.27. The Hall–Kier alpha value is -3.40. The summed E-state index contributed by atoms with van der Waals surface area (Å²) in [6, 6.07) is 18.5. The molecule has 0 atom stereocenters. The first-order valence-electron chi connectivity index (χ1n) is 11.6. The molecule has 2 aliphatic heterocycles. The number of hydrogen-bond donors (Lipinski definition) is 2. The Morgan fingerprint density at radius 1 is 1.00 bits per heavy atom. The lowest BCUT2D eigenvalue weighted by atomic mass is 10.1. The van der Waals surface area contributed by atoms with Crippen LogP contribution < -0.4 is 15.4 Å². The van der Waals surface area contributed by atoms with Crippen LogP contribution in [-0.4, -0.2) is 51.5 Å². The highest BCUT2D eigenvalue weighted by atomic mass is 32.2. The lowest BCUT2D eigenvalue weighted by molar-refractivity contribution is 0.0730. The maximum Gasteiger partial charge on any atom is 0.259 e. The first kappa shape index (κ1) is 23.3. The SMILES string of the molecule is Cc1ccc2c(c1)NC(=O)c1cc(S(=O)(=O)N3CCOCC3)c(NCCc3ccccc3)cc1O2. The van der Waals surface area contributed by atoms with E-state index in [1.807, 2.05) is 49.4 Å². The van der Waals surface area contributed by atoms with Crippen molar-refractivity contribution in [2.24, 2.45) is 0 Å². The number of carbonyl (C=O) groups is 1. The second kappa shape index (κ2) is 9.69. The van der Waals surface area contributed by atoms with Gasteiger partial charge in [0.05, 0.1) is 30.2 Å². The Labute approximate surface area is 204 Å². The molecule has 1 fully saturated rings. The smallest absolute Gasteiger partial charge is 0.259 e. The highest BCUT2D eigenvalue weighted by Crippen LogP contribution is 2.40. The highest BCUT2D eigenvalue weighted by molar-refractivity contribution is 7.89. The first-order chi connectivity index (χ1) is 16.9. The van der Waals surface area contributed by atoms with Gasteiger partial charge in [-0.3, -0.25) is 4.79 Å². The largest absolute Gasteiger partial charge is 0.454 e. The zero-order valence-electron chi connectivity index (χ0n) is 19.4. The van der Waals surface area contributed by atoms with Crippen LogP contribution in [-0.2, 0) is 21.2 Å². The number of anilines is 2.